The van der Waals surface area contributed by atoms with Crippen molar-refractivity contribution in [3.8, 4) is 66.8 Å². The number of anilines is 3. The molecular weight excluding hydrogens is 759 g/mol. The van der Waals surface area contributed by atoms with Crippen LogP contribution in [-0.4, -0.2) is 0 Å². The minimum atomic E-state index is 1.07. The van der Waals surface area contributed by atoms with Crippen molar-refractivity contribution in [2.45, 2.75) is 0 Å². The molecule has 0 fully saturated rings. The zero-order valence-electron chi connectivity index (χ0n) is 34.8. The van der Waals surface area contributed by atoms with E-state index in [1.165, 1.54) is 60.5 Å². The molecule has 0 aromatic heterocycles. The fourth-order valence-electron chi connectivity index (χ4n) is 9.12. The summed E-state index contributed by atoms with van der Waals surface area (Å²) in [5, 5.41) is 4.96. The number of hydrogen-bond acceptors (Lipinski definition) is 1. The highest BCUT2D eigenvalue weighted by atomic mass is 15.1. The summed E-state index contributed by atoms with van der Waals surface area (Å²) in [6.45, 7) is 0. The summed E-state index contributed by atoms with van der Waals surface area (Å²) in [6.07, 6.45) is 0. The highest BCUT2D eigenvalue weighted by Crippen LogP contribution is 2.46. The van der Waals surface area contributed by atoms with Crippen LogP contribution in [0.5, 0.6) is 0 Å². The van der Waals surface area contributed by atoms with Gasteiger partial charge in [-0.05, 0) is 137 Å². The lowest BCUT2D eigenvalue weighted by Crippen LogP contribution is -2.12. The van der Waals surface area contributed by atoms with Gasteiger partial charge in [0.1, 0.15) is 0 Å². The molecule has 0 heterocycles. The van der Waals surface area contributed by atoms with Crippen LogP contribution in [0.1, 0.15) is 0 Å². The molecule has 11 aromatic carbocycles. The van der Waals surface area contributed by atoms with E-state index < -0.39 is 0 Å². The molecule has 1 nitrogen and oxygen atoms in total. The molecule has 0 unspecified atom stereocenters. The SMILES string of the molecule is c1ccc(-c2ccc(N(c3cc(-c4cccc(-c5ccccc5)c4)cc(-c4cc5ccccc5c5ccccc45)c3)c3ccc(-c4ccccc4)cc3-c3ccccc3)cc2)cc1. The van der Waals surface area contributed by atoms with Crippen molar-refractivity contribution in [3.05, 3.63) is 261 Å². The predicted molar refractivity (Wildman–Crippen MR) is 269 cm³/mol. The smallest absolute Gasteiger partial charge is 0.0540 e. The first kappa shape index (κ1) is 37.7. The third-order valence-electron chi connectivity index (χ3n) is 12.2. The Morgan fingerprint density at radius 2 is 0.651 bits per heavy atom. The third kappa shape index (κ3) is 7.47. The quantitative estimate of drug-likeness (QED) is 0.131. The highest BCUT2D eigenvalue weighted by molar-refractivity contribution is 6.14. The van der Waals surface area contributed by atoms with Gasteiger partial charge in [-0.25, -0.2) is 0 Å². The second-order valence-electron chi connectivity index (χ2n) is 16.1. The first-order valence-electron chi connectivity index (χ1n) is 21.7. The zero-order valence-corrected chi connectivity index (χ0v) is 34.8. The van der Waals surface area contributed by atoms with E-state index in [0.717, 1.165) is 44.9 Å². The van der Waals surface area contributed by atoms with Crippen LogP contribution < -0.4 is 4.90 Å². The molecule has 0 amide bonds. The minimum Gasteiger partial charge on any atom is -0.310 e. The van der Waals surface area contributed by atoms with Crippen LogP contribution in [0.25, 0.3) is 88.3 Å². The maximum atomic E-state index is 2.46. The van der Waals surface area contributed by atoms with Gasteiger partial charge in [-0.3, -0.25) is 0 Å². The monoisotopic (exact) mass is 801 g/mol. The lowest BCUT2D eigenvalue weighted by atomic mass is 9.90. The van der Waals surface area contributed by atoms with E-state index in [9.17, 15) is 0 Å². The summed E-state index contributed by atoms with van der Waals surface area (Å²) in [5.41, 5.74) is 17.3. The van der Waals surface area contributed by atoms with E-state index in [1.54, 1.807) is 0 Å². The molecule has 0 bridgehead atoms. The van der Waals surface area contributed by atoms with Crippen molar-refractivity contribution in [1.82, 2.24) is 0 Å². The number of rotatable bonds is 9. The van der Waals surface area contributed by atoms with Crippen LogP contribution >= 0.6 is 0 Å². The van der Waals surface area contributed by atoms with Gasteiger partial charge in [0.25, 0.3) is 0 Å². The van der Waals surface area contributed by atoms with E-state index in [2.05, 4.69) is 266 Å². The van der Waals surface area contributed by atoms with Crippen molar-refractivity contribution >= 4 is 38.6 Å². The first-order valence-corrected chi connectivity index (χ1v) is 21.7. The molecule has 63 heavy (non-hydrogen) atoms. The van der Waals surface area contributed by atoms with Crippen LogP contribution in [0, 0.1) is 0 Å². The summed E-state index contributed by atoms with van der Waals surface area (Å²) in [4.78, 5) is 2.46. The Morgan fingerprint density at radius 1 is 0.206 bits per heavy atom. The third-order valence-corrected chi connectivity index (χ3v) is 12.2. The van der Waals surface area contributed by atoms with E-state index in [0.29, 0.717) is 0 Å². The maximum Gasteiger partial charge on any atom is 0.0540 e. The Morgan fingerprint density at radius 3 is 1.30 bits per heavy atom. The molecule has 0 saturated carbocycles. The van der Waals surface area contributed by atoms with Crippen LogP contribution in [0.2, 0.25) is 0 Å². The Kier molecular flexibility index (Phi) is 9.97. The fourth-order valence-corrected chi connectivity index (χ4v) is 9.12. The second kappa shape index (κ2) is 16.7. The van der Waals surface area contributed by atoms with E-state index >= 15 is 0 Å². The molecule has 0 saturated heterocycles. The second-order valence-corrected chi connectivity index (χ2v) is 16.1. The molecule has 0 radical (unpaired) electrons. The highest BCUT2D eigenvalue weighted by Gasteiger charge is 2.21. The van der Waals surface area contributed by atoms with Crippen LogP contribution in [0.4, 0.5) is 17.1 Å². The normalized spacial score (nSPS) is 11.2. The molecular formula is C62H43N. The molecule has 0 atom stereocenters. The number of nitrogens with zero attached hydrogens (tertiary/aromatic N) is 1. The topological polar surface area (TPSA) is 3.24 Å². The predicted octanol–water partition coefficient (Wildman–Crippen LogP) is 17.5. The fraction of sp³-hybridized carbons (Fsp3) is 0. The van der Waals surface area contributed by atoms with Crippen molar-refractivity contribution in [1.29, 1.82) is 0 Å². The average molecular weight is 802 g/mol. The van der Waals surface area contributed by atoms with Gasteiger partial charge in [-0.2, -0.15) is 0 Å². The molecule has 1 heteroatoms. The van der Waals surface area contributed by atoms with E-state index in [1.807, 2.05) is 0 Å². The average Bonchev–Trinajstić information content (AvgIpc) is 3.37. The maximum absolute atomic E-state index is 2.46. The molecule has 296 valence electrons. The number of benzene rings is 11. The molecule has 11 rings (SSSR count). The molecule has 0 spiro atoms. The van der Waals surface area contributed by atoms with Gasteiger partial charge in [0.2, 0.25) is 0 Å². The Labute approximate surface area is 369 Å². The summed E-state index contributed by atoms with van der Waals surface area (Å²) in [6, 6.07) is 94.9. The van der Waals surface area contributed by atoms with E-state index in [4.69, 9.17) is 0 Å². The van der Waals surface area contributed by atoms with Gasteiger partial charge in [-0.15, -0.1) is 0 Å². The van der Waals surface area contributed by atoms with E-state index in [-0.39, 0.29) is 0 Å². The Hall–Kier alpha value is -8.26. The molecule has 0 aliphatic carbocycles. The summed E-state index contributed by atoms with van der Waals surface area (Å²) in [5.74, 6) is 0. The Bertz CT molecular complexity index is 3360. The summed E-state index contributed by atoms with van der Waals surface area (Å²) >= 11 is 0. The van der Waals surface area contributed by atoms with Crippen LogP contribution in [-0.2, 0) is 0 Å². The number of hydrogen-bond donors (Lipinski definition) is 0. The lowest BCUT2D eigenvalue weighted by Gasteiger charge is -2.30. The number of fused-ring (bicyclic) bond motifs is 3. The van der Waals surface area contributed by atoms with Crippen molar-refractivity contribution in [3.63, 3.8) is 0 Å². The molecule has 0 N–H and O–H groups in total. The van der Waals surface area contributed by atoms with Gasteiger partial charge < -0.3 is 4.90 Å². The standard InChI is InChI=1S/C62H43N/c1-5-18-44(19-6-1)47-32-35-55(36-33-47)63(62-37-34-51(46-22-9-3-10-23-46)42-61(62)48-24-11-4-12-25-48)56-40-53(50-28-17-27-49(38-50)45-20-7-2-8-21-45)39-54(41-56)60-43-52-26-13-14-29-57(52)58-30-15-16-31-59(58)60/h1-43H. The van der Waals surface area contributed by atoms with Crippen LogP contribution in [0.15, 0.2) is 261 Å². The largest absolute Gasteiger partial charge is 0.310 e. The van der Waals surface area contributed by atoms with Gasteiger partial charge >= 0.3 is 0 Å². The van der Waals surface area contributed by atoms with Gasteiger partial charge in [0.15, 0.2) is 0 Å². The molecule has 0 aliphatic heterocycles. The molecule has 0 aliphatic rings. The van der Waals surface area contributed by atoms with Gasteiger partial charge in [0.05, 0.1) is 5.69 Å². The Balaban J connectivity index is 1.19. The summed E-state index contributed by atoms with van der Waals surface area (Å²) < 4.78 is 0. The lowest BCUT2D eigenvalue weighted by molar-refractivity contribution is 1.28. The van der Waals surface area contributed by atoms with Crippen molar-refractivity contribution in [2.75, 3.05) is 4.90 Å². The van der Waals surface area contributed by atoms with Gasteiger partial charge in [0, 0.05) is 16.9 Å². The molecule has 11 aromatic rings. The zero-order chi connectivity index (χ0) is 42.0. The van der Waals surface area contributed by atoms with Crippen molar-refractivity contribution < 1.29 is 0 Å². The minimum absolute atomic E-state index is 1.07. The van der Waals surface area contributed by atoms with Crippen molar-refractivity contribution in [2.24, 2.45) is 0 Å². The first-order chi connectivity index (χ1) is 31.2. The van der Waals surface area contributed by atoms with Crippen LogP contribution in [0.3, 0.4) is 0 Å². The van der Waals surface area contributed by atoms with Gasteiger partial charge in [-0.1, -0.05) is 206 Å². The summed E-state index contributed by atoms with van der Waals surface area (Å²) in [7, 11) is 0.